The number of aliphatic carboxylic acids is 1. The van der Waals surface area contributed by atoms with Crippen LogP contribution in [0.1, 0.15) is 0 Å². The summed E-state index contributed by atoms with van der Waals surface area (Å²) < 4.78 is 4.75. The van der Waals surface area contributed by atoms with Gasteiger partial charge in [0.25, 0.3) is 0 Å². The summed E-state index contributed by atoms with van der Waals surface area (Å²) in [4.78, 5) is 20.5. The third kappa shape index (κ3) is 1.58. The van der Waals surface area contributed by atoms with Gasteiger partial charge in [-0.15, -0.1) is 0 Å². The highest BCUT2D eigenvalue weighted by molar-refractivity contribution is 5.80. The van der Waals surface area contributed by atoms with Crippen molar-refractivity contribution < 1.29 is 19.4 Å². The van der Waals surface area contributed by atoms with Crippen LogP contribution < -0.4 is 5.32 Å². The van der Waals surface area contributed by atoms with E-state index in [4.69, 9.17) is 9.84 Å². The van der Waals surface area contributed by atoms with Crippen LogP contribution in [0.2, 0.25) is 0 Å². The topological polar surface area (TPSA) is 75.6 Å². The highest BCUT2D eigenvalue weighted by atomic mass is 16.5. The van der Waals surface area contributed by atoms with Crippen molar-refractivity contribution in [1.82, 2.24) is 5.32 Å². The number of hydrogen-bond donors (Lipinski definition) is 2. The van der Waals surface area contributed by atoms with Crippen LogP contribution in [0.25, 0.3) is 0 Å². The molecule has 0 spiro atoms. The van der Waals surface area contributed by atoms with Gasteiger partial charge in [0.05, 0.1) is 0 Å². The summed E-state index contributed by atoms with van der Waals surface area (Å²) in [6.07, 6.45) is 0. The molecule has 0 aliphatic carbocycles. The van der Waals surface area contributed by atoms with E-state index in [0.717, 1.165) is 0 Å². The molecule has 1 rings (SSSR count). The fourth-order valence-electron chi connectivity index (χ4n) is 0.828. The van der Waals surface area contributed by atoms with E-state index in [1.54, 1.807) is 0 Å². The van der Waals surface area contributed by atoms with E-state index in [0.29, 0.717) is 13.2 Å². The first-order valence-corrected chi connectivity index (χ1v) is 3.09. The number of hydrogen-bond acceptors (Lipinski definition) is 4. The summed E-state index contributed by atoms with van der Waals surface area (Å²) in [6.45, 7) is 0.747. The molecule has 0 bridgehead atoms. The number of nitrogens with one attached hydrogen (secondary N) is 1. The second-order valence-electron chi connectivity index (χ2n) is 2.04. The maximum atomic E-state index is 10.4. The van der Waals surface area contributed by atoms with Gasteiger partial charge in [-0.25, -0.2) is 9.59 Å². The first-order chi connectivity index (χ1) is 5.25. The van der Waals surface area contributed by atoms with Crippen molar-refractivity contribution in [2.75, 3.05) is 13.2 Å². The Balaban J connectivity index is 2.75. The van der Waals surface area contributed by atoms with Crippen molar-refractivity contribution >= 4 is 11.9 Å². The van der Waals surface area contributed by atoms with Crippen LogP contribution in [0.5, 0.6) is 0 Å². The minimum atomic E-state index is -1.12. The molecule has 1 unspecified atom stereocenters. The predicted molar refractivity (Wildman–Crippen MR) is 34.6 cm³/mol. The van der Waals surface area contributed by atoms with Crippen molar-refractivity contribution in [3.05, 3.63) is 5.76 Å². The maximum absolute atomic E-state index is 10.4. The van der Waals surface area contributed by atoms with Crippen molar-refractivity contribution in [1.29, 1.82) is 0 Å². The van der Waals surface area contributed by atoms with Crippen molar-refractivity contribution in [3.8, 4) is 0 Å². The molecule has 1 fully saturated rings. The molecular formula is C6H7NO4. The zero-order valence-electron chi connectivity index (χ0n) is 5.66. The number of morpholine rings is 1. The Labute approximate surface area is 62.6 Å². The lowest BCUT2D eigenvalue weighted by Crippen LogP contribution is -2.45. The molecule has 1 saturated heterocycles. The fourth-order valence-corrected chi connectivity index (χ4v) is 0.828. The van der Waals surface area contributed by atoms with Crippen LogP contribution in [-0.2, 0) is 14.3 Å². The third-order valence-electron chi connectivity index (χ3n) is 1.32. The Hall–Kier alpha value is -1.32. The summed E-state index contributed by atoms with van der Waals surface area (Å²) in [5, 5.41) is 11.1. The number of rotatable bonds is 1. The zero-order chi connectivity index (χ0) is 8.27. The number of carboxylic acid groups (broad SMARTS) is 1. The SMILES string of the molecule is O=C=C1OCCNC1C(=O)O. The Morgan fingerprint density at radius 2 is 2.55 bits per heavy atom. The van der Waals surface area contributed by atoms with Gasteiger partial charge in [-0.2, -0.15) is 0 Å². The molecule has 2 N–H and O–H groups in total. The van der Waals surface area contributed by atoms with Gasteiger partial charge in [0, 0.05) is 6.54 Å². The summed E-state index contributed by atoms with van der Waals surface area (Å²) in [6, 6.07) is -1.03. The number of carbonyl (C=O) groups is 1. The highest BCUT2D eigenvalue weighted by Crippen LogP contribution is 2.04. The van der Waals surface area contributed by atoms with E-state index in [2.05, 4.69) is 5.32 Å². The van der Waals surface area contributed by atoms with Gasteiger partial charge in [-0.05, 0) is 0 Å². The lowest BCUT2D eigenvalue weighted by atomic mass is 10.2. The molecule has 5 heteroatoms. The van der Waals surface area contributed by atoms with Gasteiger partial charge in [0.2, 0.25) is 5.76 Å². The molecule has 1 aliphatic heterocycles. The van der Waals surface area contributed by atoms with E-state index >= 15 is 0 Å². The van der Waals surface area contributed by atoms with Crippen LogP contribution >= 0.6 is 0 Å². The Morgan fingerprint density at radius 1 is 1.82 bits per heavy atom. The van der Waals surface area contributed by atoms with E-state index in [1.807, 2.05) is 0 Å². The number of carbonyl (C=O) groups excluding carboxylic acids is 1. The van der Waals surface area contributed by atoms with Gasteiger partial charge in [-0.3, -0.25) is 5.32 Å². The molecule has 0 aromatic carbocycles. The number of carboxylic acids is 1. The molecule has 0 amide bonds. The molecule has 0 aromatic heterocycles. The molecule has 0 saturated carbocycles. The van der Waals surface area contributed by atoms with Crippen LogP contribution in [0.3, 0.4) is 0 Å². The molecular weight excluding hydrogens is 150 g/mol. The van der Waals surface area contributed by atoms with Crippen molar-refractivity contribution in [3.63, 3.8) is 0 Å². The summed E-state index contributed by atoms with van der Waals surface area (Å²) >= 11 is 0. The molecule has 60 valence electrons. The first kappa shape index (κ1) is 7.78. The summed E-state index contributed by atoms with van der Waals surface area (Å²) in [5.74, 6) is 0.137. The second-order valence-corrected chi connectivity index (χ2v) is 2.04. The molecule has 1 atom stereocenters. The van der Waals surface area contributed by atoms with Gasteiger partial charge in [-0.1, -0.05) is 0 Å². The molecule has 5 nitrogen and oxygen atoms in total. The van der Waals surface area contributed by atoms with Gasteiger partial charge in [0.15, 0.2) is 12.0 Å². The molecule has 1 aliphatic rings. The largest absolute Gasteiger partial charge is 0.483 e. The molecule has 0 radical (unpaired) electrons. The Kier molecular flexibility index (Phi) is 2.25. The maximum Gasteiger partial charge on any atom is 0.329 e. The highest BCUT2D eigenvalue weighted by Gasteiger charge is 2.27. The Morgan fingerprint density at radius 3 is 3.00 bits per heavy atom. The van der Waals surface area contributed by atoms with E-state index < -0.39 is 12.0 Å². The van der Waals surface area contributed by atoms with E-state index in [-0.39, 0.29) is 5.76 Å². The normalized spacial score (nSPS) is 23.6. The zero-order valence-corrected chi connectivity index (χ0v) is 5.66. The second kappa shape index (κ2) is 3.18. The quantitative estimate of drug-likeness (QED) is 0.466. The minimum absolute atomic E-state index is 0.177. The van der Waals surface area contributed by atoms with Crippen LogP contribution in [-0.4, -0.2) is 36.2 Å². The van der Waals surface area contributed by atoms with Gasteiger partial charge < -0.3 is 9.84 Å². The van der Waals surface area contributed by atoms with Crippen LogP contribution in [0, 0.1) is 0 Å². The van der Waals surface area contributed by atoms with Gasteiger partial charge >= 0.3 is 5.97 Å². The molecule has 0 aromatic rings. The number of ether oxygens (including phenoxy) is 1. The smallest absolute Gasteiger partial charge is 0.329 e. The lowest BCUT2D eigenvalue weighted by Gasteiger charge is -2.20. The first-order valence-electron chi connectivity index (χ1n) is 3.09. The van der Waals surface area contributed by atoms with Crippen molar-refractivity contribution in [2.45, 2.75) is 6.04 Å². The average Bonchev–Trinajstić information content (AvgIpc) is 2.04. The predicted octanol–water partition coefficient (Wildman–Crippen LogP) is -1.23. The average molecular weight is 157 g/mol. The van der Waals surface area contributed by atoms with Crippen molar-refractivity contribution in [2.24, 2.45) is 0 Å². The van der Waals surface area contributed by atoms with E-state index in [9.17, 15) is 9.59 Å². The van der Waals surface area contributed by atoms with Gasteiger partial charge in [0.1, 0.15) is 6.61 Å². The third-order valence-corrected chi connectivity index (χ3v) is 1.32. The molecule has 1 heterocycles. The molecule has 11 heavy (non-hydrogen) atoms. The minimum Gasteiger partial charge on any atom is -0.483 e. The summed E-state index contributed by atoms with van der Waals surface area (Å²) in [7, 11) is 0. The van der Waals surface area contributed by atoms with Crippen LogP contribution in [0.15, 0.2) is 5.76 Å². The monoisotopic (exact) mass is 157 g/mol. The fraction of sp³-hybridized carbons (Fsp3) is 0.500. The van der Waals surface area contributed by atoms with Crippen LogP contribution in [0.4, 0.5) is 0 Å². The van der Waals surface area contributed by atoms with E-state index in [1.165, 1.54) is 5.94 Å². The summed E-state index contributed by atoms with van der Waals surface area (Å²) in [5.41, 5.74) is 0. The standard InChI is InChI=1S/C6H7NO4/c8-3-4-5(6(9)10)7-1-2-11-4/h5,7H,1-2H2,(H,9,10). The Bertz CT molecular complexity index is 219. The lowest BCUT2D eigenvalue weighted by molar-refractivity contribution is -0.140.